The maximum absolute atomic E-state index is 5.86. The van der Waals surface area contributed by atoms with E-state index in [1.165, 1.54) is 0 Å². The van der Waals surface area contributed by atoms with Crippen molar-refractivity contribution in [3.63, 3.8) is 0 Å². The van der Waals surface area contributed by atoms with Crippen LogP contribution in [0.4, 0.5) is 5.82 Å². The van der Waals surface area contributed by atoms with Crippen LogP contribution in [-0.2, 0) is 0 Å². The number of nitrogens with zero attached hydrogens (tertiary/aromatic N) is 1. The predicted molar refractivity (Wildman–Crippen MR) is 65.7 cm³/mol. The summed E-state index contributed by atoms with van der Waals surface area (Å²) in [5, 5.41) is 3.18. The Kier molecular flexibility index (Phi) is 3.48. The van der Waals surface area contributed by atoms with Gasteiger partial charge in [-0.2, -0.15) is 0 Å². The summed E-state index contributed by atoms with van der Waals surface area (Å²) in [5.41, 5.74) is 7.71. The minimum Gasteiger partial charge on any atom is -0.368 e. The fraction of sp³-hybridized carbons (Fsp3) is 0.417. The van der Waals surface area contributed by atoms with Crippen molar-refractivity contribution in [2.75, 3.05) is 11.9 Å². The number of pyridine rings is 1. The second-order valence-electron chi connectivity index (χ2n) is 4.55. The molecule has 0 aliphatic heterocycles. The lowest BCUT2D eigenvalue weighted by Gasteiger charge is -2.19. The van der Waals surface area contributed by atoms with E-state index in [-0.39, 0.29) is 5.54 Å². The van der Waals surface area contributed by atoms with Crippen molar-refractivity contribution in [2.24, 2.45) is 5.73 Å². The summed E-state index contributed by atoms with van der Waals surface area (Å²) in [5.74, 6) is 0.846. The van der Waals surface area contributed by atoms with Gasteiger partial charge in [-0.15, -0.1) is 0 Å². The van der Waals surface area contributed by atoms with Gasteiger partial charge in [0, 0.05) is 18.3 Å². The van der Waals surface area contributed by atoms with Gasteiger partial charge in [0.15, 0.2) is 0 Å². The molecule has 3 nitrogen and oxygen atoms in total. The van der Waals surface area contributed by atoms with Crippen LogP contribution in [0.15, 0.2) is 24.9 Å². The van der Waals surface area contributed by atoms with Crippen LogP contribution < -0.4 is 11.1 Å². The van der Waals surface area contributed by atoms with Crippen molar-refractivity contribution in [2.45, 2.75) is 26.3 Å². The first-order chi connectivity index (χ1) is 6.88. The van der Waals surface area contributed by atoms with Gasteiger partial charge in [-0.25, -0.2) is 4.98 Å². The maximum Gasteiger partial charge on any atom is 0.125 e. The van der Waals surface area contributed by atoms with E-state index in [0.29, 0.717) is 6.54 Å². The topological polar surface area (TPSA) is 50.9 Å². The van der Waals surface area contributed by atoms with E-state index >= 15 is 0 Å². The number of hydrogen-bond acceptors (Lipinski definition) is 3. The smallest absolute Gasteiger partial charge is 0.125 e. The molecule has 0 saturated carbocycles. The van der Waals surface area contributed by atoms with Crippen LogP contribution in [0, 0.1) is 0 Å². The Morgan fingerprint density at radius 2 is 2.20 bits per heavy atom. The van der Waals surface area contributed by atoms with Crippen LogP contribution in [-0.4, -0.2) is 17.1 Å². The molecule has 0 radical (unpaired) electrons. The number of anilines is 1. The number of nitrogens with two attached hydrogens (primary N) is 1. The van der Waals surface area contributed by atoms with Gasteiger partial charge < -0.3 is 11.1 Å². The van der Waals surface area contributed by atoms with Gasteiger partial charge in [-0.3, -0.25) is 0 Å². The largest absolute Gasteiger partial charge is 0.368 e. The van der Waals surface area contributed by atoms with E-state index < -0.39 is 0 Å². The first-order valence-corrected chi connectivity index (χ1v) is 5.03. The molecule has 82 valence electrons. The molecule has 0 fully saturated rings. The van der Waals surface area contributed by atoms with E-state index in [0.717, 1.165) is 17.0 Å². The molecule has 0 saturated heterocycles. The molecular weight excluding hydrogens is 186 g/mol. The summed E-state index contributed by atoms with van der Waals surface area (Å²) in [4.78, 5) is 4.28. The van der Waals surface area contributed by atoms with E-state index in [2.05, 4.69) is 16.9 Å². The molecule has 0 spiro atoms. The van der Waals surface area contributed by atoms with Crippen LogP contribution in [0.3, 0.4) is 0 Å². The zero-order chi connectivity index (χ0) is 11.5. The number of aromatic nitrogens is 1. The van der Waals surface area contributed by atoms with Gasteiger partial charge in [0.2, 0.25) is 0 Å². The number of nitrogens with one attached hydrogen (secondary N) is 1. The van der Waals surface area contributed by atoms with E-state index in [1.807, 2.05) is 39.1 Å². The lowest BCUT2D eigenvalue weighted by atomic mass is 10.1. The molecular formula is C12H19N3. The summed E-state index contributed by atoms with van der Waals surface area (Å²) in [6.45, 7) is 10.5. The quantitative estimate of drug-likeness (QED) is 0.792. The first kappa shape index (κ1) is 11.7. The highest BCUT2D eigenvalue weighted by atomic mass is 15.0. The molecule has 0 aromatic carbocycles. The van der Waals surface area contributed by atoms with Gasteiger partial charge in [0.05, 0.1) is 0 Å². The zero-order valence-electron chi connectivity index (χ0n) is 9.67. The average Bonchev–Trinajstić information content (AvgIpc) is 2.14. The van der Waals surface area contributed by atoms with Gasteiger partial charge in [0.25, 0.3) is 0 Å². The second-order valence-corrected chi connectivity index (χ2v) is 4.55. The maximum atomic E-state index is 5.86. The fourth-order valence-electron chi connectivity index (χ4n) is 1.07. The normalized spacial score (nSPS) is 11.2. The molecule has 1 aromatic heterocycles. The Labute approximate surface area is 91.4 Å². The molecule has 3 N–H and O–H groups in total. The second kappa shape index (κ2) is 4.45. The molecule has 0 amide bonds. The van der Waals surface area contributed by atoms with Crippen molar-refractivity contribution in [3.8, 4) is 0 Å². The molecule has 1 aromatic rings. The van der Waals surface area contributed by atoms with Gasteiger partial charge in [0.1, 0.15) is 5.82 Å². The molecule has 1 rings (SSSR count). The highest BCUT2D eigenvalue weighted by Crippen LogP contribution is 2.12. The first-order valence-electron chi connectivity index (χ1n) is 5.03. The van der Waals surface area contributed by atoms with Gasteiger partial charge >= 0.3 is 0 Å². The van der Waals surface area contributed by atoms with E-state index in [4.69, 9.17) is 5.73 Å². The molecule has 0 aliphatic carbocycles. The van der Waals surface area contributed by atoms with Crippen molar-refractivity contribution in [3.05, 3.63) is 30.5 Å². The zero-order valence-corrected chi connectivity index (χ0v) is 9.67. The third-order valence-electron chi connectivity index (χ3n) is 1.98. The summed E-state index contributed by atoms with van der Waals surface area (Å²) >= 11 is 0. The van der Waals surface area contributed by atoms with Crippen LogP contribution in [0.25, 0.3) is 5.57 Å². The lowest BCUT2D eigenvalue weighted by molar-refractivity contribution is 0.548. The lowest BCUT2D eigenvalue weighted by Crippen LogP contribution is -2.39. The van der Waals surface area contributed by atoms with Crippen molar-refractivity contribution in [1.29, 1.82) is 0 Å². The predicted octanol–water partition coefficient (Wildman–Crippen LogP) is 2.26. The van der Waals surface area contributed by atoms with Crippen LogP contribution >= 0.6 is 0 Å². The highest BCUT2D eigenvalue weighted by molar-refractivity contribution is 5.61. The summed E-state index contributed by atoms with van der Waals surface area (Å²) in [6.07, 6.45) is 1.81. The monoisotopic (exact) mass is 205 g/mol. The molecule has 3 heteroatoms. The van der Waals surface area contributed by atoms with Crippen molar-refractivity contribution < 1.29 is 0 Å². The van der Waals surface area contributed by atoms with Crippen molar-refractivity contribution >= 4 is 11.4 Å². The van der Waals surface area contributed by atoms with Gasteiger partial charge in [-0.05, 0) is 44.0 Å². The summed E-state index contributed by atoms with van der Waals surface area (Å²) in [7, 11) is 0. The third-order valence-corrected chi connectivity index (χ3v) is 1.98. The minimum absolute atomic E-state index is 0.227. The minimum atomic E-state index is -0.227. The third kappa shape index (κ3) is 4.13. The Morgan fingerprint density at radius 1 is 1.53 bits per heavy atom. The average molecular weight is 205 g/mol. The van der Waals surface area contributed by atoms with Gasteiger partial charge in [-0.1, -0.05) is 6.58 Å². The van der Waals surface area contributed by atoms with Crippen molar-refractivity contribution in [1.82, 2.24) is 4.98 Å². The number of rotatable bonds is 4. The summed E-state index contributed by atoms with van der Waals surface area (Å²) in [6, 6.07) is 3.94. The molecule has 0 unspecified atom stereocenters. The Balaban J connectivity index is 2.61. The summed E-state index contributed by atoms with van der Waals surface area (Å²) < 4.78 is 0. The molecule has 0 bridgehead atoms. The standard InChI is InChI=1S/C12H19N3/c1-9(2)10-5-6-11(14-7-10)15-8-12(3,4)13/h5-7H,1,8,13H2,2-4H3,(H,14,15). The van der Waals surface area contributed by atoms with E-state index in [9.17, 15) is 0 Å². The molecule has 0 atom stereocenters. The van der Waals surface area contributed by atoms with Crippen LogP contribution in [0.5, 0.6) is 0 Å². The van der Waals surface area contributed by atoms with E-state index in [1.54, 1.807) is 0 Å². The highest BCUT2D eigenvalue weighted by Gasteiger charge is 2.09. The Morgan fingerprint density at radius 3 is 2.60 bits per heavy atom. The molecule has 1 heterocycles. The fourth-order valence-corrected chi connectivity index (χ4v) is 1.07. The molecule has 0 aliphatic rings. The number of allylic oxidation sites excluding steroid dienone is 1. The van der Waals surface area contributed by atoms with Crippen LogP contribution in [0.1, 0.15) is 26.3 Å². The SMILES string of the molecule is C=C(C)c1ccc(NCC(C)(C)N)nc1. The number of hydrogen-bond donors (Lipinski definition) is 2. The molecule has 15 heavy (non-hydrogen) atoms. The van der Waals surface area contributed by atoms with Crippen LogP contribution in [0.2, 0.25) is 0 Å². The Bertz CT molecular complexity index is 333. The Hall–Kier alpha value is -1.35.